The van der Waals surface area contributed by atoms with Crippen LogP contribution in [0.1, 0.15) is 5.56 Å². The second-order valence-electron chi connectivity index (χ2n) is 4.62. The number of morpholine rings is 1. The molecule has 7 nitrogen and oxygen atoms in total. The van der Waals surface area contributed by atoms with Gasteiger partial charge in [-0.1, -0.05) is 5.16 Å². The van der Waals surface area contributed by atoms with Crippen LogP contribution in [0.5, 0.6) is 0 Å². The van der Waals surface area contributed by atoms with Gasteiger partial charge in [-0.25, -0.2) is 0 Å². The average Bonchev–Trinajstić information content (AvgIpc) is 2.40. The molecule has 1 aromatic rings. The van der Waals surface area contributed by atoms with Crippen molar-refractivity contribution in [2.75, 3.05) is 26.7 Å². The fourth-order valence-corrected chi connectivity index (χ4v) is 2.13. The Labute approximate surface area is 110 Å². The molecule has 0 aliphatic carbocycles. The van der Waals surface area contributed by atoms with Crippen molar-refractivity contribution in [3.8, 4) is 0 Å². The van der Waals surface area contributed by atoms with E-state index in [-0.39, 0.29) is 23.1 Å². The maximum absolute atomic E-state index is 12.1. The van der Waals surface area contributed by atoms with Crippen LogP contribution in [0.3, 0.4) is 0 Å². The van der Waals surface area contributed by atoms with Gasteiger partial charge < -0.3 is 25.1 Å². The molecule has 0 radical (unpaired) electrons. The Bertz CT molecular complexity index is 526. The van der Waals surface area contributed by atoms with Crippen molar-refractivity contribution < 1.29 is 9.94 Å². The first kappa shape index (κ1) is 13.6. The lowest BCUT2D eigenvalue weighted by Gasteiger charge is -2.30. The summed E-state index contributed by atoms with van der Waals surface area (Å²) in [6.45, 7) is 2.79. The molecule has 1 aromatic heterocycles. The van der Waals surface area contributed by atoms with Crippen LogP contribution in [0.15, 0.2) is 28.3 Å². The Morgan fingerprint density at radius 3 is 3.16 bits per heavy atom. The maximum atomic E-state index is 12.1. The summed E-state index contributed by atoms with van der Waals surface area (Å²) in [7, 11) is 2.02. The third kappa shape index (κ3) is 3.12. The highest BCUT2D eigenvalue weighted by molar-refractivity contribution is 5.96. The molecule has 1 saturated heterocycles. The van der Waals surface area contributed by atoms with Gasteiger partial charge >= 0.3 is 0 Å². The minimum Gasteiger partial charge on any atom is -0.409 e. The number of pyridine rings is 1. The van der Waals surface area contributed by atoms with Gasteiger partial charge in [0, 0.05) is 19.3 Å². The summed E-state index contributed by atoms with van der Waals surface area (Å²) >= 11 is 0. The summed E-state index contributed by atoms with van der Waals surface area (Å²) in [5.74, 6) is -0.180. The highest BCUT2D eigenvalue weighted by Crippen LogP contribution is 2.05. The minimum absolute atomic E-state index is 0.0287. The zero-order valence-corrected chi connectivity index (χ0v) is 10.8. The number of hydrogen-bond acceptors (Lipinski definition) is 5. The molecule has 2 rings (SSSR count). The van der Waals surface area contributed by atoms with E-state index in [2.05, 4.69) is 10.1 Å². The molecule has 2 heterocycles. The number of aromatic nitrogens is 1. The highest BCUT2D eigenvalue weighted by atomic mass is 16.5. The second kappa shape index (κ2) is 5.85. The van der Waals surface area contributed by atoms with E-state index < -0.39 is 0 Å². The quantitative estimate of drug-likeness (QED) is 0.326. The van der Waals surface area contributed by atoms with Crippen molar-refractivity contribution in [2.45, 2.75) is 12.6 Å². The third-order valence-electron chi connectivity index (χ3n) is 3.15. The number of oxime groups is 1. The van der Waals surface area contributed by atoms with Gasteiger partial charge in [-0.3, -0.25) is 4.79 Å². The van der Waals surface area contributed by atoms with Crippen LogP contribution in [0, 0.1) is 0 Å². The molecule has 1 aliphatic heterocycles. The molecule has 0 saturated carbocycles. The lowest BCUT2D eigenvalue weighted by Crippen LogP contribution is -2.43. The van der Waals surface area contributed by atoms with Gasteiger partial charge in [-0.05, 0) is 19.2 Å². The van der Waals surface area contributed by atoms with Gasteiger partial charge in [0.1, 0.15) is 0 Å². The molecule has 0 amide bonds. The Kier molecular flexibility index (Phi) is 4.18. The van der Waals surface area contributed by atoms with E-state index >= 15 is 0 Å². The van der Waals surface area contributed by atoms with Crippen LogP contribution in [0.2, 0.25) is 0 Å². The number of rotatable bonds is 3. The predicted octanol–water partition coefficient (Wildman–Crippen LogP) is -0.727. The molecule has 0 spiro atoms. The topological polar surface area (TPSA) is 93.1 Å². The van der Waals surface area contributed by atoms with Gasteiger partial charge in [-0.15, -0.1) is 0 Å². The molecular formula is C12H18N4O3. The third-order valence-corrected chi connectivity index (χ3v) is 3.15. The Balaban J connectivity index is 2.19. The number of ether oxygens (including phenoxy) is 1. The largest absolute Gasteiger partial charge is 0.409 e. The summed E-state index contributed by atoms with van der Waals surface area (Å²) in [6, 6.07) is 3.23. The van der Waals surface area contributed by atoms with Gasteiger partial charge in [-0.2, -0.15) is 0 Å². The van der Waals surface area contributed by atoms with Gasteiger partial charge in [0.25, 0.3) is 5.56 Å². The summed E-state index contributed by atoms with van der Waals surface area (Å²) < 4.78 is 7.15. The van der Waals surface area contributed by atoms with Crippen LogP contribution in [-0.2, 0) is 11.3 Å². The SMILES string of the molecule is CN1CCOC(Cn2cccc(/C(N)=N/O)c2=O)C1. The van der Waals surface area contributed by atoms with Gasteiger partial charge in [0.15, 0.2) is 5.84 Å². The zero-order chi connectivity index (χ0) is 13.8. The molecule has 3 N–H and O–H groups in total. The van der Waals surface area contributed by atoms with Crippen molar-refractivity contribution in [1.82, 2.24) is 9.47 Å². The zero-order valence-electron chi connectivity index (χ0n) is 10.8. The fraction of sp³-hybridized carbons (Fsp3) is 0.500. The van der Waals surface area contributed by atoms with Crippen molar-refractivity contribution in [3.63, 3.8) is 0 Å². The normalized spacial score (nSPS) is 21.5. The van der Waals surface area contributed by atoms with Crippen LogP contribution >= 0.6 is 0 Å². The number of likely N-dealkylation sites (N-methyl/N-ethyl adjacent to an activating group) is 1. The first-order valence-electron chi connectivity index (χ1n) is 6.09. The number of amidine groups is 1. The van der Waals surface area contributed by atoms with E-state index in [1.165, 1.54) is 10.6 Å². The fourth-order valence-electron chi connectivity index (χ4n) is 2.13. The molecule has 19 heavy (non-hydrogen) atoms. The molecule has 7 heteroatoms. The first-order valence-corrected chi connectivity index (χ1v) is 6.09. The lowest BCUT2D eigenvalue weighted by atomic mass is 10.2. The van der Waals surface area contributed by atoms with Crippen LogP contribution in [0.4, 0.5) is 0 Å². The van der Waals surface area contributed by atoms with E-state index in [0.29, 0.717) is 13.2 Å². The van der Waals surface area contributed by atoms with Crippen LogP contribution in [-0.4, -0.2) is 53.4 Å². The first-order chi connectivity index (χ1) is 9.11. The van der Waals surface area contributed by atoms with Crippen LogP contribution < -0.4 is 11.3 Å². The highest BCUT2D eigenvalue weighted by Gasteiger charge is 2.19. The second-order valence-corrected chi connectivity index (χ2v) is 4.62. The smallest absolute Gasteiger partial charge is 0.261 e. The maximum Gasteiger partial charge on any atom is 0.261 e. The van der Waals surface area contributed by atoms with Gasteiger partial charge in [0.05, 0.1) is 24.8 Å². The monoisotopic (exact) mass is 266 g/mol. The van der Waals surface area contributed by atoms with Crippen LogP contribution in [0.25, 0.3) is 0 Å². The summed E-state index contributed by atoms with van der Waals surface area (Å²) in [4.78, 5) is 14.3. The Morgan fingerprint density at radius 2 is 2.47 bits per heavy atom. The van der Waals surface area contributed by atoms with E-state index in [4.69, 9.17) is 15.7 Å². The molecule has 0 bridgehead atoms. The van der Waals surface area contributed by atoms with Crippen molar-refractivity contribution in [3.05, 3.63) is 34.2 Å². The molecule has 1 aliphatic rings. The summed E-state index contributed by atoms with van der Waals surface area (Å²) in [6.07, 6.45) is 1.65. The minimum atomic E-state index is -0.283. The predicted molar refractivity (Wildman–Crippen MR) is 70.4 cm³/mol. The molecule has 1 fully saturated rings. The number of nitrogens with two attached hydrogens (primary N) is 1. The number of hydrogen-bond donors (Lipinski definition) is 2. The Morgan fingerprint density at radius 1 is 1.68 bits per heavy atom. The van der Waals surface area contributed by atoms with Crippen molar-refractivity contribution in [1.29, 1.82) is 0 Å². The van der Waals surface area contributed by atoms with E-state index in [9.17, 15) is 4.79 Å². The lowest BCUT2D eigenvalue weighted by molar-refractivity contribution is -0.0279. The van der Waals surface area contributed by atoms with E-state index in [1.54, 1.807) is 12.3 Å². The molecule has 1 unspecified atom stereocenters. The number of nitrogens with zero attached hydrogens (tertiary/aromatic N) is 3. The molecule has 1 atom stereocenters. The van der Waals surface area contributed by atoms with E-state index in [1.807, 2.05) is 7.05 Å². The average molecular weight is 266 g/mol. The summed E-state index contributed by atoms with van der Waals surface area (Å²) in [5.41, 5.74) is 5.37. The van der Waals surface area contributed by atoms with Crippen molar-refractivity contribution >= 4 is 5.84 Å². The summed E-state index contributed by atoms with van der Waals surface area (Å²) in [5, 5.41) is 11.5. The standard InChI is InChI=1S/C12H18N4O3/c1-15-5-6-19-9(7-15)8-16-4-2-3-10(12(16)17)11(13)14-18/h2-4,9,18H,5-8H2,1H3,(H2,13,14). The van der Waals surface area contributed by atoms with E-state index in [0.717, 1.165) is 13.1 Å². The molecular weight excluding hydrogens is 248 g/mol. The molecule has 0 aromatic carbocycles. The Hall–Kier alpha value is -1.86. The van der Waals surface area contributed by atoms with Crippen molar-refractivity contribution in [2.24, 2.45) is 10.9 Å². The molecule has 104 valence electrons. The van der Waals surface area contributed by atoms with Gasteiger partial charge in [0.2, 0.25) is 0 Å².